The van der Waals surface area contributed by atoms with E-state index in [2.05, 4.69) is 32.2 Å². The number of rotatable bonds is 5. The highest BCUT2D eigenvalue weighted by Gasteiger charge is 2.21. The highest BCUT2D eigenvalue weighted by molar-refractivity contribution is 5.76. The lowest BCUT2D eigenvalue weighted by Crippen LogP contribution is -2.27. The third-order valence-corrected chi connectivity index (χ3v) is 2.81. The summed E-state index contributed by atoms with van der Waals surface area (Å²) in [6.07, 6.45) is 2.49. The molecule has 0 bridgehead atoms. The number of aromatic nitrogens is 4. The molecule has 0 atom stereocenters. The van der Waals surface area contributed by atoms with E-state index in [4.69, 9.17) is 4.74 Å². The summed E-state index contributed by atoms with van der Waals surface area (Å²) in [4.78, 5) is 15.8. The van der Waals surface area contributed by atoms with E-state index in [1.165, 1.54) is 0 Å². The second kappa shape index (κ2) is 4.80. The molecule has 2 rings (SSSR count). The van der Waals surface area contributed by atoms with Gasteiger partial charge >= 0.3 is 0 Å². The normalized spacial score (nSPS) is 11.8. The average molecular weight is 249 g/mol. The molecule has 98 valence electrons. The number of imidazole rings is 1. The molecule has 0 amide bonds. The summed E-state index contributed by atoms with van der Waals surface area (Å²) >= 11 is 0. The van der Waals surface area contributed by atoms with Crippen LogP contribution in [0.15, 0.2) is 6.33 Å². The van der Waals surface area contributed by atoms with Crippen LogP contribution in [-0.2, 0) is 0 Å². The standard InChI is InChI=1S/C12H19N5O/c1-5-12(3,4)18-10-8-9(15-7-14-8)16-11(17-10)13-6-2/h7H,5-6H2,1-4H3,(H2,13,14,15,16,17). The molecule has 0 unspecified atom stereocenters. The van der Waals surface area contributed by atoms with Gasteiger partial charge in [-0.25, -0.2) is 4.98 Å². The number of nitrogens with one attached hydrogen (secondary N) is 2. The van der Waals surface area contributed by atoms with Crippen LogP contribution < -0.4 is 10.1 Å². The van der Waals surface area contributed by atoms with Crippen molar-refractivity contribution in [3.05, 3.63) is 6.33 Å². The number of H-pyrrole nitrogens is 1. The molecule has 0 aliphatic heterocycles. The van der Waals surface area contributed by atoms with Gasteiger partial charge in [-0.2, -0.15) is 9.97 Å². The molecule has 0 aromatic carbocycles. The zero-order chi connectivity index (χ0) is 13.2. The Morgan fingerprint density at radius 3 is 2.78 bits per heavy atom. The molecule has 18 heavy (non-hydrogen) atoms. The highest BCUT2D eigenvalue weighted by atomic mass is 16.5. The summed E-state index contributed by atoms with van der Waals surface area (Å²) in [6.45, 7) is 8.90. The van der Waals surface area contributed by atoms with Crippen molar-refractivity contribution in [3.63, 3.8) is 0 Å². The molecule has 0 spiro atoms. The molecule has 0 saturated carbocycles. The smallest absolute Gasteiger partial charge is 0.245 e. The topological polar surface area (TPSA) is 75.7 Å². The Balaban J connectivity index is 2.43. The first-order chi connectivity index (χ1) is 8.55. The van der Waals surface area contributed by atoms with E-state index in [9.17, 15) is 0 Å². The number of hydrogen-bond acceptors (Lipinski definition) is 5. The Hall–Kier alpha value is -1.85. The van der Waals surface area contributed by atoms with Gasteiger partial charge in [-0.15, -0.1) is 0 Å². The predicted molar refractivity (Wildman–Crippen MR) is 70.8 cm³/mol. The fraction of sp³-hybridized carbons (Fsp3) is 0.583. The van der Waals surface area contributed by atoms with Gasteiger partial charge in [0.25, 0.3) is 0 Å². The Kier molecular flexibility index (Phi) is 3.36. The van der Waals surface area contributed by atoms with E-state index in [1.807, 2.05) is 20.8 Å². The fourth-order valence-electron chi connectivity index (χ4n) is 1.45. The van der Waals surface area contributed by atoms with E-state index < -0.39 is 0 Å². The maximum atomic E-state index is 5.95. The third-order valence-electron chi connectivity index (χ3n) is 2.81. The molecule has 6 nitrogen and oxygen atoms in total. The number of anilines is 1. The number of ether oxygens (including phenoxy) is 1. The van der Waals surface area contributed by atoms with E-state index in [1.54, 1.807) is 6.33 Å². The molecule has 0 aliphatic rings. The summed E-state index contributed by atoms with van der Waals surface area (Å²) in [5, 5.41) is 3.08. The van der Waals surface area contributed by atoms with Crippen molar-refractivity contribution in [1.82, 2.24) is 19.9 Å². The van der Waals surface area contributed by atoms with Gasteiger partial charge in [-0.3, -0.25) is 0 Å². The van der Waals surface area contributed by atoms with E-state index in [0.29, 0.717) is 17.5 Å². The van der Waals surface area contributed by atoms with Crippen molar-refractivity contribution in [2.24, 2.45) is 0 Å². The van der Waals surface area contributed by atoms with Crippen LogP contribution in [-0.4, -0.2) is 32.1 Å². The molecule has 2 aromatic rings. The van der Waals surface area contributed by atoms with E-state index in [0.717, 1.165) is 18.5 Å². The molecule has 0 saturated heterocycles. The molecule has 2 aromatic heterocycles. The van der Waals surface area contributed by atoms with Crippen molar-refractivity contribution in [1.29, 1.82) is 0 Å². The van der Waals surface area contributed by atoms with Crippen molar-refractivity contribution in [2.45, 2.75) is 39.7 Å². The summed E-state index contributed by atoms with van der Waals surface area (Å²) in [6, 6.07) is 0. The fourth-order valence-corrected chi connectivity index (χ4v) is 1.45. The van der Waals surface area contributed by atoms with Gasteiger partial charge in [0.05, 0.1) is 6.33 Å². The van der Waals surface area contributed by atoms with Gasteiger partial charge in [0.15, 0.2) is 5.65 Å². The minimum atomic E-state index is -0.268. The Labute approximate surface area is 106 Å². The van der Waals surface area contributed by atoms with Gasteiger partial charge in [-0.05, 0) is 27.2 Å². The van der Waals surface area contributed by atoms with Crippen LogP contribution in [0.4, 0.5) is 5.95 Å². The van der Waals surface area contributed by atoms with Crippen LogP contribution >= 0.6 is 0 Å². The van der Waals surface area contributed by atoms with Crippen molar-refractivity contribution < 1.29 is 4.74 Å². The minimum absolute atomic E-state index is 0.268. The van der Waals surface area contributed by atoms with Crippen LogP contribution in [0, 0.1) is 0 Å². The third kappa shape index (κ3) is 2.52. The first-order valence-corrected chi connectivity index (χ1v) is 6.19. The van der Waals surface area contributed by atoms with Crippen LogP contribution in [0.5, 0.6) is 5.88 Å². The van der Waals surface area contributed by atoms with E-state index in [-0.39, 0.29) is 5.60 Å². The molecule has 2 heterocycles. The maximum absolute atomic E-state index is 5.95. The van der Waals surface area contributed by atoms with Crippen molar-refractivity contribution in [2.75, 3.05) is 11.9 Å². The molecule has 0 fully saturated rings. The molecular formula is C12H19N5O. The first-order valence-electron chi connectivity index (χ1n) is 6.19. The predicted octanol–water partition coefficient (Wildman–Crippen LogP) is 2.35. The second-order valence-corrected chi connectivity index (χ2v) is 4.70. The Bertz CT molecular complexity index is 534. The van der Waals surface area contributed by atoms with Crippen molar-refractivity contribution in [3.8, 4) is 5.88 Å². The van der Waals surface area contributed by atoms with Gasteiger partial charge in [0.2, 0.25) is 11.8 Å². The average Bonchev–Trinajstić information content (AvgIpc) is 2.77. The van der Waals surface area contributed by atoms with E-state index >= 15 is 0 Å². The lowest BCUT2D eigenvalue weighted by Gasteiger charge is -2.24. The van der Waals surface area contributed by atoms with Crippen LogP contribution in [0.3, 0.4) is 0 Å². The zero-order valence-corrected chi connectivity index (χ0v) is 11.2. The largest absolute Gasteiger partial charge is 0.470 e. The number of hydrogen-bond donors (Lipinski definition) is 2. The highest BCUT2D eigenvalue weighted by Crippen LogP contribution is 2.26. The monoisotopic (exact) mass is 249 g/mol. The zero-order valence-electron chi connectivity index (χ0n) is 11.2. The van der Waals surface area contributed by atoms with Crippen LogP contribution in [0.1, 0.15) is 34.1 Å². The molecule has 0 aliphatic carbocycles. The summed E-state index contributed by atoms with van der Waals surface area (Å²) in [5.41, 5.74) is 1.08. The van der Waals surface area contributed by atoms with Crippen LogP contribution in [0.2, 0.25) is 0 Å². The Morgan fingerprint density at radius 2 is 2.11 bits per heavy atom. The lowest BCUT2D eigenvalue weighted by molar-refractivity contribution is 0.101. The van der Waals surface area contributed by atoms with Gasteiger partial charge < -0.3 is 15.0 Å². The second-order valence-electron chi connectivity index (χ2n) is 4.70. The Morgan fingerprint density at radius 1 is 1.33 bits per heavy atom. The van der Waals surface area contributed by atoms with Crippen molar-refractivity contribution >= 4 is 17.1 Å². The lowest BCUT2D eigenvalue weighted by atomic mass is 10.1. The molecule has 0 radical (unpaired) electrons. The molecular weight excluding hydrogens is 230 g/mol. The number of aromatic amines is 1. The van der Waals surface area contributed by atoms with Gasteiger partial charge in [0, 0.05) is 6.54 Å². The quantitative estimate of drug-likeness (QED) is 0.850. The van der Waals surface area contributed by atoms with Gasteiger partial charge in [-0.1, -0.05) is 6.92 Å². The SMILES string of the molecule is CCNc1nc(OC(C)(C)CC)c2[nH]cnc2n1. The number of fused-ring (bicyclic) bond motifs is 1. The molecule has 6 heteroatoms. The summed E-state index contributed by atoms with van der Waals surface area (Å²) in [7, 11) is 0. The molecule has 2 N–H and O–H groups in total. The summed E-state index contributed by atoms with van der Waals surface area (Å²) in [5.74, 6) is 1.08. The minimum Gasteiger partial charge on any atom is -0.470 e. The maximum Gasteiger partial charge on any atom is 0.245 e. The first kappa shape index (κ1) is 12.6. The van der Waals surface area contributed by atoms with Gasteiger partial charge in [0.1, 0.15) is 11.1 Å². The summed E-state index contributed by atoms with van der Waals surface area (Å²) < 4.78 is 5.95. The van der Waals surface area contributed by atoms with Crippen LogP contribution in [0.25, 0.3) is 11.2 Å². The number of nitrogens with zero attached hydrogens (tertiary/aromatic N) is 3.